The van der Waals surface area contributed by atoms with Crippen LogP contribution in [0, 0.1) is 5.82 Å². The molecule has 0 fully saturated rings. The van der Waals surface area contributed by atoms with E-state index in [1.165, 1.54) is 12.1 Å². The van der Waals surface area contributed by atoms with Crippen molar-refractivity contribution in [2.24, 2.45) is 0 Å². The molecule has 114 valence electrons. The molecule has 2 rings (SSSR count). The number of rotatable bonds is 6. The van der Waals surface area contributed by atoms with Gasteiger partial charge in [0.05, 0.1) is 16.4 Å². The molecule has 0 bridgehead atoms. The molecule has 6 heteroatoms. The van der Waals surface area contributed by atoms with E-state index in [-0.39, 0.29) is 17.1 Å². The molecular formula is C15H19ClFN3O. The number of hydrogen-bond donors (Lipinski definition) is 1. The quantitative estimate of drug-likeness (QED) is 0.831. The summed E-state index contributed by atoms with van der Waals surface area (Å²) >= 11 is 6.14. The predicted octanol–water partition coefficient (Wildman–Crippen LogP) is 3.39. The molecule has 1 aromatic heterocycles. The lowest BCUT2D eigenvalue weighted by Gasteiger charge is -2.10. The monoisotopic (exact) mass is 311 g/mol. The lowest BCUT2D eigenvalue weighted by atomic mass is 10.3. The van der Waals surface area contributed by atoms with Gasteiger partial charge >= 0.3 is 0 Å². The van der Waals surface area contributed by atoms with Crippen molar-refractivity contribution >= 4 is 28.5 Å². The Balaban J connectivity index is 2.24. The first-order chi connectivity index (χ1) is 10.0. The smallest absolute Gasteiger partial charge is 0.221 e. The van der Waals surface area contributed by atoms with Gasteiger partial charge in [0.1, 0.15) is 11.6 Å². The van der Waals surface area contributed by atoms with Gasteiger partial charge in [0, 0.05) is 25.6 Å². The summed E-state index contributed by atoms with van der Waals surface area (Å²) in [5, 5.41) is 2.53. The fourth-order valence-corrected chi connectivity index (χ4v) is 2.39. The fourth-order valence-electron chi connectivity index (χ4n) is 2.23. The molecule has 0 radical (unpaired) electrons. The number of carbonyl (C=O) groups excluding carboxylic acids is 1. The van der Waals surface area contributed by atoms with E-state index < -0.39 is 0 Å². The zero-order valence-electron chi connectivity index (χ0n) is 12.2. The number of alkyl halides is 1. The van der Waals surface area contributed by atoms with Crippen molar-refractivity contribution < 1.29 is 9.18 Å². The maximum Gasteiger partial charge on any atom is 0.221 e. The zero-order valence-corrected chi connectivity index (χ0v) is 13.0. The maximum atomic E-state index is 13.3. The average molecular weight is 312 g/mol. The number of aromatic nitrogens is 2. The van der Waals surface area contributed by atoms with Crippen LogP contribution in [-0.4, -0.2) is 22.0 Å². The molecule has 1 amide bonds. The molecule has 2 aromatic rings. The van der Waals surface area contributed by atoms with E-state index >= 15 is 0 Å². The van der Waals surface area contributed by atoms with Gasteiger partial charge in [-0.25, -0.2) is 9.37 Å². The van der Waals surface area contributed by atoms with Gasteiger partial charge in [-0.3, -0.25) is 4.79 Å². The molecule has 0 saturated heterocycles. The largest absolute Gasteiger partial charge is 0.356 e. The van der Waals surface area contributed by atoms with E-state index in [0.717, 1.165) is 11.9 Å². The number of hydrogen-bond acceptors (Lipinski definition) is 2. The van der Waals surface area contributed by atoms with Gasteiger partial charge in [-0.15, -0.1) is 11.6 Å². The first kappa shape index (κ1) is 15.8. The van der Waals surface area contributed by atoms with Gasteiger partial charge in [0.15, 0.2) is 0 Å². The van der Waals surface area contributed by atoms with E-state index in [4.69, 9.17) is 11.6 Å². The van der Waals surface area contributed by atoms with Crippen LogP contribution in [-0.2, 0) is 11.3 Å². The molecule has 0 aliphatic heterocycles. The number of halogens is 2. The summed E-state index contributed by atoms with van der Waals surface area (Å²) in [7, 11) is 0. The van der Waals surface area contributed by atoms with Crippen LogP contribution in [0.1, 0.15) is 37.9 Å². The standard InChI is InChI=1S/C15H19ClFN3O/c1-3-7-18-14(21)6-8-20-13-5-4-11(17)9-12(13)19-15(20)10(2)16/h4-5,9-10H,3,6-8H2,1-2H3,(H,18,21). The van der Waals surface area contributed by atoms with Crippen molar-refractivity contribution in [1.29, 1.82) is 0 Å². The van der Waals surface area contributed by atoms with E-state index in [9.17, 15) is 9.18 Å². The fraction of sp³-hybridized carbons (Fsp3) is 0.467. The average Bonchev–Trinajstić information content (AvgIpc) is 2.80. The number of nitrogens with one attached hydrogen (secondary N) is 1. The summed E-state index contributed by atoms with van der Waals surface area (Å²) in [4.78, 5) is 16.1. The van der Waals surface area contributed by atoms with Crippen LogP contribution >= 0.6 is 11.6 Å². The number of fused-ring (bicyclic) bond motifs is 1. The molecule has 0 spiro atoms. The molecule has 0 aliphatic rings. The Bertz CT molecular complexity index is 639. The van der Waals surface area contributed by atoms with Crippen LogP contribution in [0.2, 0.25) is 0 Å². The van der Waals surface area contributed by atoms with Gasteiger partial charge in [-0.1, -0.05) is 6.92 Å². The third-order valence-corrected chi connectivity index (χ3v) is 3.43. The van der Waals surface area contributed by atoms with E-state index in [0.29, 0.717) is 30.9 Å². The highest BCUT2D eigenvalue weighted by Crippen LogP contribution is 2.25. The second kappa shape index (κ2) is 6.89. The second-order valence-corrected chi connectivity index (χ2v) is 5.63. The zero-order chi connectivity index (χ0) is 15.4. The van der Waals surface area contributed by atoms with Crippen LogP contribution in [0.4, 0.5) is 4.39 Å². The number of imidazole rings is 1. The van der Waals surface area contributed by atoms with Crippen molar-refractivity contribution in [3.8, 4) is 0 Å². The van der Waals surface area contributed by atoms with Gasteiger partial charge in [-0.2, -0.15) is 0 Å². The molecule has 1 aromatic carbocycles. The maximum absolute atomic E-state index is 13.3. The van der Waals surface area contributed by atoms with Crippen LogP contribution in [0.5, 0.6) is 0 Å². The highest BCUT2D eigenvalue weighted by atomic mass is 35.5. The molecule has 21 heavy (non-hydrogen) atoms. The molecule has 1 N–H and O–H groups in total. The number of amides is 1. The van der Waals surface area contributed by atoms with E-state index in [1.807, 2.05) is 18.4 Å². The number of carbonyl (C=O) groups is 1. The Hall–Kier alpha value is -1.62. The summed E-state index contributed by atoms with van der Waals surface area (Å²) in [5.74, 6) is 0.316. The Morgan fingerprint density at radius 3 is 2.95 bits per heavy atom. The van der Waals surface area contributed by atoms with E-state index in [2.05, 4.69) is 10.3 Å². The van der Waals surface area contributed by atoms with E-state index in [1.54, 1.807) is 6.07 Å². The third-order valence-electron chi connectivity index (χ3n) is 3.23. The molecule has 1 heterocycles. The number of aryl methyl sites for hydroxylation is 1. The summed E-state index contributed by atoms with van der Waals surface area (Å²) < 4.78 is 15.2. The van der Waals surface area contributed by atoms with Gasteiger partial charge < -0.3 is 9.88 Å². The van der Waals surface area contributed by atoms with Crippen LogP contribution in [0.3, 0.4) is 0 Å². The number of nitrogens with zero attached hydrogens (tertiary/aromatic N) is 2. The Kier molecular flexibility index (Phi) is 5.17. The van der Waals surface area contributed by atoms with Gasteiger partial charge in [0.25, 0.3) is 0 Å². The molecule has 1 atom stereocenters. The summed E-state index contributed by atoms with van der Waals surface area (Å²) in [6.45, 7) is 4.97. The highest BCUT2D eigenvalue weighted by molar-refractivity contribution is 6.20. The summed E-state index contributed by atoms with van der Waals surface area (Å²) in [6, 6.07) is 4.44. The summed E-state index contributed by atoms with van der Waals surface area (Å²) in [6.07, 6.45) is 1.25. The number of benzene rings is 1. The van der Waals surface area contributed by atoms with Crippen LogP contribution in [0.25, 0.3) is 11.0 Å². The lowest BCUT2D eigenvalue weighted by Crippen LogP contribution is -2.25. The second-order valence-electron chi connectivity index (χ2n) is 4.97. The molecule has 0 aliphatic carbocycles. The minimum Gasteiger partial charge on any atom is -0.356 e. The Morgan fingerprint density at radius 1 is 1.52 bits per heavy atom. The molecular weight excluding hydrogens is 293 g/mol. The van der Waals surface area contributed by atoms with Crippen LogP contribution in [0.15, 0.2) is 18.2 Å². The topological polar surface area (TPSA) is 46.9 Å². The molecule has 4 nitrogen and oxygen atoms in total. The van der Waals surface area contributed by atoms with Crippen molar-refractivity contribution in [3.63, 3.8) is 0 Å². The minimum atomic E-state index is -0.332. The van der Waals surface area contributed by atoms with Crippen molar-refractivity contribution in [2.75, 3.05) is 6.54 Å². The highest BCUT2D eigenvalue weighted by Gasteiger charge is 2.16. The van der Waals surface area contributed by atoms with Gasteiger partial charge in [-0.05, 0) is 25.5 Å². The third kappa shape index (κ3) is 3.73. The Morgan fingerprint density at radius 2 is 2.29 bits per heavy atom. The predicted molar refractivity (Wildman–Crippen MR) is 81.9 cm³/mol. The Labute approximate surface area is 128 Å². The van der Waals surface area contributed by atoms with Crippen molar-refractivity contribution in [1.82, 2.24) is 14.9 Å². The van der Waals surface area contributed by atoms with Gasteiger partial charge in [0.2, 0.25) is 5.91 Å². The lowest BCUT2D eigenvalue weighted by molar-refractivity contribution is -0.121. The van der Waals surface area contributed by atoms with Crippen LogP contribution < -0.4 is 5.32 Å². The first-order valence-electron chi connectivity index (χ1n) is 7.09. The SMILES string of the molecule is CCCNC(=O)CCn1c(C(C)Cl)nc2cc(F)ccc21. The normalized spacial score (nSPS) is 12.6. The summed E-state index contributed by atoms with van der Waals surface area (Å²) in [5.41, 5.74) is 1.36. The first-order valence-corrected chi connectivity index (χ1v) is 7.53. The molecule has 0 saturated carbocycles. The van der Waals surface area contributed by atoms with Crippen molar-refractivity contribution in [2.45, 2.75) is 38.6 Å². The minimum absolute atomic E-state index is 0.00557. The molecule has 1 unspecified atom stereocenters. The van der Waals surface area contributed by atoms with Crippen molar-refractivity contribution in [3.05, 3.63) is 29.8 Å².